The third-order valence-corrected chi connectivity index (χ3v) is 5.70. The number of ketones is 1. The molecule has 3 heterocycles. The normalized spacial score (nSPS) is 15.9. The number of furan rings is 2. The fourth-order valence-electron chi connectivity index (χ4n) is 4.22. The summed E-state index contributed by atoms with van der Waals surface area (Å²) in [4.78, 5) is 28.2. The van der Waals surface area contributed by atoms with Gasteiger partial charge in [-0.3, -0.25) is 14.5 Å². The second kappa shape index (κ2) is 8.72. The molecule has 1 unspecified atom stereocenters. The van der Waals surface area contributed by atoms with Crippen LogP contribution < -0.4 is 14.4 Å². The predicted octanol–water partition coefficient (Wildman–Crippen LogP) is 5.60. The molecule has 1 aliphatic rings. The summed E-state index contributed by atoms with van der Waals surface area (Å²) in [5, 5.41) is 11.5. The van der Waals surface area contributed by atoms with Crippen molar-refractivity contribution in [2.24, 2.45) is 0 Å². The molecule has 35 heavy (non-hydrogen) atoms. The molecule has 5 rings (SSSR count). The highest BCUT2D eigenvalue weighted by molar-refractivity contribution is 6.20. The number of benzene rings is 2. The Morgan fingerprint density at radius 3 is 2.51 bits per heavy atom. The monoisotopic (exact) mass is 473 g/mol. The average molecular weight is 473 g/mol. The first-order valence-electron chi connectivity index (χ1n) is 11.1. The van der Waals surface area contributed by atoms with E-state index in [1.807, 2.05) is 13.8 Å². The third kappa shape index (κ3) is 3.82. The van der Waals surface area contributed by atoms with Crippen LogP contribution in [0.15, 0.2) is 87.1 Å². The zero-order valence-corrected chi connectivity index (χ0v) is 19.3. The number of hydrogen-bond donors (Lipinski definition) is 1. The van der Waals surface area contributed by atoms with Crippen molar-refractivity contribution in [1.82, 2.24) is 0 Å². The number of carbonyl (C=O) groups excluding carboxylic acids is 2. The number of ether oxygens (including phenoxy) is 2. The molecule has 0 radical (unpaired) electrons. The standard InChI is InChI=1S/C27H23NO7/c1-15(2)34-18-11-9-17(10-12-18)28-23(19-8-5-13-33-19)22(25(30)27(28)31)24(29)21-14-16-6-4-7-20(32-3)26(16)35-21/h4-15,23,30H,1-3H3. The number of nitrogens with zero attached hydrogens (tertiary/aromatic N) is 1. The minimum absolute atomic E-state index is 0.0116. The SMILES string of the molecule is COc1cccc2cc(C(=O)C3=C(O)C(=O)N(c4ccc(OC(C)C)cc4)C3c3ccco3)oc12. The van der Waals surface area contributed by atoms with Gasteiger partial charge in [0, 0.05) is 11.1 Å². The highest BCUT2D eigenvalue weighted by Crippen LogP contribution is 2.43. The van der Waals surface area contributed by atoms with E-state index in [1.165, 1.54) is 18.3 Å². The molecule has 1 aliphatic heterocycles. The number of amides is 1. The maximum absolute atomic E-state index is 13.6. The quantitative estimate of drug-likeness (QED) is 0.348. The molecule has 8 heteroatoms. The van der Waals surface area contributed by atoms with Crippen LogP contribution in [0, 0.1) is 0 Å². The van der Waals surface area contributed by atoms with Crippen molar-refractivity contribution in [3.05, 3.63) is 89.8 Å². The zero-order valence-electron chi connectivity index (χ0n) is 19.3. The summed E-state index contributed by atoms with van der Waals surface area (Å²) in [7, 11) is 1.51. The van der Waals surface area contributed by atoms with Gasteiger partial charge in [-0.2, -0.15) is 0 Å². The summed E-state index contributed by atoms with van der Waals surface area (Å²) in [6, 6.07) is 16.0. The van der Waals surface area contributed by atoms with E-state index in [0.29, 0.717) is 33.9 Å². The van der Waals surface area contributed by atoms with Crippen LogP contribution in [0.1, 0.15) is 36.2 Å². The van der Waals surface area contributed by atoms with Gasteiger partial charge in [0.2, 0.25) is 5.78 Å². The Hall–Kier alpha value is -4.46. The summed E-state index contributed by atoms with van der Waals surface area (Å²) in [5.74, 6) is -0.616. The highest BCUT2D eigenvalue weighted by atomic mass is 16.5. The smallest absolute Gasteiger partial charge is 0.294 e. The van der Waals surface area contributed by atoms with Crippen LogP contribution in [0.4, 0.5) is 5.69 Å². The van der Waals surface area contributed by atoms with E-state index in [0.717, 1.165) is 0 Å². The minimum atomic E-state index is -0.989. The second-order valence-corrected chi connectivity index (χ2v) is 8.33. The molecule has 0 fully saturated rings. The fraction of sp³-hybridized carbons (Fsp3) is 0.185. The Morgan fingerprint density at radius 2 is 1.86 bits per heavy atom. The molecule has 8 nitrogen and oxygen atoms in total. The van der Waals surface area contributed by atoms with Crippen molar-refractivity contribution in [2.75, 3.05) is 12.0 Å². The summed E-state index contributed by atoms with van der Waals surface area (Å²) < 4.78 is 22.4. The number of aliphatic hydroxyl groups is 1. The van der Waals surface area contributed by atoms with Crippen LogP contribution in [0.5, 0.6) is 11.5 Å². The number of fused-ring (bicyclic) bond motifs is 1. The molecule has 0 aliphatic carbocycles. The topological polar surface area (TPSA) is 102 Å². The van der Waals surface area contributed by atoms with E-state index in [9.17, 15) is 14.7 Å². The third-order valence-electron chi connectivity index (χ3n) is 5.70. The number of para-hydroxylation sites is 1. The Kier molecular flexibility index (Phi) is 5.56. The molecular weight excluding hydrogens is 450 g/mol. The lowest BCUT2D eigenvalue weighted by atomic mass is 9.99. The molecule has 0 bridgehead atoms. The summed E-state index contributed by atoms with van der Waals surface area (Å²) in [6.07, 6.45) is 1.43. The second-order valence-electron chi connectivity index (χ2n) is 8.33. The van der Waals surface area contributed by atoms with E-state index in [4.69, 9.17) is 18.3 Å². The molecule has 1 atom stereocenters. The molecule has 0 spiro atoms. The molecular formula is C27H23NO7. The van der Waals surface area contributed by atoms with Crippen LogP contribution in [0.25, 0.3) is 11.0 Å². The summed E-state index contributed by atoms with van der Waals surface area (Å²) in [5.41, 5.74) is 0.730. The van der Waals surface area contributed by atoms with Gasteiger partial charge in [-0.25, -0.2) is 0 Å². The molecule has 1 N–H and O–H groups in total. The number of carbonyl (C=O) groups is 2. The molecule has 178 valence electrons. The first-order chi connectivity index (χ1) is 16.9. The van der Waals surface area contributed by atoms with Gasteiger partial charge in [-0.1, -0.05) is 12.1 Å². The first-order valence-corrected chi connectivity index (χ1v) is 11.1. The van der Waals surface area contributed by atoms with E-state index in [1.54, 1.807) is 60.7 Å². The van der Waals surface area contributed by atoms with Crippen molar-refractivity contribution in [3.8, 4) is 11.5 Å². The maximum Gasteiger partial charge on any atom is 0.294 e. The predicted molar refractivity (Wildman–Crippen MR) is 128 cm³/mol. The molecule has 0 saturated carbocycles. The lowest BCUT2D eigenvalue weighted by Crippen LogP contribution is -2.30. The number of hydrogen-bond acceptors (Lipinski definition) is 7. The van der Waals surface area contributed by atoms with Gasteiger partial charge >= 0.3 is 0 Å². The molecule has 2 aromatic heterocycles. The minimum Gasteiger partial charge on any atom is -0.503 e. The lowest BCUT2D eigenvalue weighted by Gasteiger charge is -2.25. The van der Waals surface area contributed by atoms with Crippen molar-refractivity contribution in [1.29, 1.82) is 0 Å². The van der Waals surface area contributed by atoms with Gasteiger partial charge in [-0.15, -0.1) is 0 Å². The fourth-order valence-corrected chi connectivity index (χ4v) is 4.22. The van der Waals surface area contributed by atoms with Crippen LogP contribution in [0.2, 0.25) is 0 Å². The van der Waals surface area contributed by atoms with Gasteiger partial charge in [-0.05, 0) is 62.4 Å². The number of rotatable bonds is 7. The number of anilines is 1. The Bertz CT molecular complexity index is 1430. The number of Topliss-reactive ketones (excluding diaryl/α,β-unsaturated/α-hetero) is 1. The van der Waals surface area contributed by atoms with Gasteiger partial charge in [0.25, 0.3) is 5.91 Å². The molecule has 2 aromatic carbocycles. The van der Waals surface area contributed by atoms with Gasteiger partial charge in [0.05, 0.1) is 25.1 Å². The molecule has 0 saturated heterocycles. The van der Waals surface area contributed by atoms with Crippen molar-refractivity contribution in [3.63, 3.8) is 0 Å². The Morgan fingerprint density at radius 1 is 1.09 bits per heavy atom. The summed E-state index contributed by atoms with van der Waals surface area (Å²) >= 11 is 0. The number of aliphatic hydroxyl groups excluding tert-OH is 1. The maximum atomic E-state index is 13.6. The van der Waals surface area contributed by atoms with E-state index in [2.05, 4.69) is 0 Å². The summed E-state index contributed by atoms with van der Waals surface area (Å²) in [6.45, 7) is 3.83. The zero-order chi connectivity index (χ0) is 24.7. The van der Waals surface area contributed by atoms with Gasteiger partial charge in [0.1, 0.15) is 17.6 Å². The van der Waals surface area contributed by atoms with Crippen LogP contribution in [0.3, 0.4) is 0 Å². The Balaban J connectivity index is 1.58. The van der Waals surface area contributed by atoms with Crippen LogP contribution in [-0.4, -0.2) is 30.0 Å². The van der Waals surface area contributed by atoms with Crippen molar-refractivity contribution < 1.29 is 33.0 Å². The average Bonchev–Trinajstić information content (AvgIpc) is 3.58. The highest BCUT2D eigenvalue weighted by Gasteiger charge is 2.46. The van der Waals surface area contributed by atoms with Gasteiger partial charge < -0.3 is 23.4 Å². The largest absolute Gasteiger partial charge is 0.503 e. The van der Waals surface area contributed by atoms with E-state index >= 15 is 0 Å². The Labute approximate surface area is 201 Å². The molecule has 1 amide bonds. The van der Waals surface area contributed by atoms with Gasteiger partial charge in [0.15, 0.2) is 22.9 Å². The van der Waals surface area contributed by atoms with Crippen molar-refractivity contribution >= 4 is 28.3 Å². The molecule has 4 aromatic rings. The van der Waals surface area contributed by atoms with E-state index in [-0.39, 0.29) is 17.4 Å². The first kappa shape index (κ1) is 22.3. The van der Waals surface area contributed by atoms with Crippen LogP contribution in [-0.2, 0) is 4.79 Å². The number of methoxy groups -OCH3 is 1. The van der Waals surface area contributed by atoms with Crippen LogP contribution >= 0.6 is 0 Å². The lowest BCUT2D eigenvalue weighted by molar-refractivity contribution is -0.117. The van der Waals surface area contributed by atoms with Crippen molar-refractivity contribution in [2.45, 2.75) is 26.0 Å². The van der Waals surface area contributed by atoms with E-state index < -0.39 is 23.5 Å².